The molecule has 0 bridgehead atoms. The van der Waals surface area contributed by atoms with Gasteiger partial charge in [0.05, 0.1) is 11.9 Å². The molecule has 1 unspecified atom stereocenters. The summed E-state index contributed by atoms with van der Waals surface area (Å²) in [5.74, 6) is 1.51. The zero-order valence-electron chi connectivity index (χ0n) is 13.6. The van der Waals surface area contributed by atoms with E-state index in [1.807, 2.05) is 36.4 Å². The molecule has 1 N–H and O–H groups in total. The quantitative estimate of drug-likeness (QED) is 0.625. The van der Waals surface area contributed by atoms with Gasteiger partial charge in [-0.3, -0.25) is 0 Å². The van der Waals surface area contributed by atoms with Gasteiger partial charge in [0.15, 0.2) is 4.34 Å². The molecule has 0 radical (unpaired) electrons. The predicted molar refractivity (Wildman–Crippen MR) is 98.9 cm³/mol. The number of thioether (sulfide) groups is 1. The van der Waals surface area contributed by atoms with Crippen LogP contribution >= 0.6 is 23.1 Å². The zero-order chi connectivity index (χ0) is 16.9. The lowest BCUT2D eigenvalue weighted by Gasteiger charge is -2.08. The predicted octanol–water partition coefficient (Wildman–Crippen LogP) is 4.08. The molecular formula is C17H18N4O2S2. The van der Waals surface area contributed by atoms with E-state index in [-0.39, 0.29) is 0 Å². The fourth-order valence-electron chi connectivity index (χ4n) is 2.60. The molecule has 4 rings (SSSR count). The van der Waals surface area contributed by atoms with Crippen LogP contribution < -0.4 is 5.32 Å². The van der Waals surface area contributed by atoms with Gasteiger partial charge in [-0.1, -0.05) is 58.6 Å². The number of nitrogens with one attached hydrogen (secondary N) is 1. The Labute approximate surface area is 154 Å². The van der Waals surface area contributed by atoms with E-state index in [1.54, 1.807) is 23.1 Å². The Balaban J connectivity index is 1.29. The maximum atomic E-state index is 5.59. The van der Waals surface area contributed by atoms with Crippen molar-refractivity contribution in [2.24, 2.45) is 0 Å². The van der Waals surface area contributed by atoms with E-state index < -0.39 is 0 Å². The van der Waals surface area contributed by atoms with Crippen LogP contribution in [0, 0.1) is 0 Å². The van der Waals surface area contributed by atoms with Crippen molar-refractivity contribution in [1.29, 1.82) is 0 Å². The summed E-state index contributed by atoms with van der Waals surface area (Å²) in [6, 6.07) is 12.0. The fourth-order valence-corrected chi connectivity index (χ4v) is 4.24. The van der Waals surface area contributed by atoms with Crippen LogP contribution in [0.5, 0.6) is 0 Å². The number of rotatable bonds is 7. The van der Waals surface area contributed by atoms with E-state index in [2.05, 4.69) is 20.7 Å². The van der Waals surface area contributed by atoms with Gasteiger partial charge >= 0.3 is 0 Å². The average Bonchev–Trinajstić information content (AvgIpc) is 3.40. The fraction of sp³-hybridized carbons (Fsp3) is 0.353. The molecule has 1 fully saturated rings. The van der Waals surface area contributed by atoms with Gasteiger partial charge in [0.1, 0.15) is 11.5 Å². The average molecular weight is 374 g/mol. The smallest absolute Gasteiger partial charge is 0.206 e. The van der Waals surface area contributed by atoms with Crippen molar-refractivity contribution in [2.45, 2.75) is 29.0 Å². The first-order valence-electron chi connectivity index (χ1n) is 8.19. The standard InChI is InChI=1S/C17H18N4O2S2/c1-2-5-12(6-3-1)15-9-14(23-21-15)11-24-17-20-19-16(25-17)18-10-13-7-4-8-22-13/h1-3,5-6,9,13H,4,7-8,10-11H2,(H,18,19). The summed E-state index contributed by atoms with van der Waals surface area (Å²) < 4.78 is 11.9. The third kappa shape index (κ3) is 4.39. The summed E-state index contributed by atoms with van der Waals surface area (Å²) in [4.78, 5) is 0. The highest BCUT2D eigenvalue weighted by Gasteiger charge is 2.16. The monoisotopic (exact) mass is 374 g/mol. The van der Waals surface area contributed by atoms with E-state index in [4.69, 9.17) is 9.26 Å². The number of benzene rings is 1. The maximum Gasteiger partial charge on any atom is 0.206 e. The summed E-state index contributed by atoms with van der Waals surface area (Å²) in [5.41, 5.74) is 1.91. The van der Waals surface area contributed by atoms with Crippen LogP contribution in [0.25, 0.3) is 11.3 Å². The second-order valence-corrected chi connectivity index (χ2v) is 7.92. The highest BCUT2D eigenvalue weighted by Crippen LogP contribution is 2.29. The molecule has 130 valence electrons. The molecule has 1 aliphatic rings. The Morgan fingerprint density at radius 3 is 3.00 bits per heavy atom. The Kier molecular flexibility index (Phi) is 5.29. The van der Waals surface area contributed by atoms with E-state index >= 15 is 0 Å². The van der Waals surface area contributed by atoms with Crippen LogP contribution in [-0.2, 0) is 10.5 Å². The second kappa shape index (κ2) is 7.99. The van der Waals surface area contributed by atoms with Crippen LogP contribution in [-0.4, -0.2) is 34.6 Å². The SMILES string of the molecule is c1ccc(-c2cc(CSc3nnc(NCC4CCCO4)s3)on2)cc1. The number of ether oxygens (including phenoxy) is 1. The molecule has 1 aromatic carbocycles. The maximum absolute atomic E-state index is 5.59. The number of hydrogen-bond acceptors (Lipinski definition) is 8. The third-order valence-electron chi connectivity index (χ3n) is 3.88. The third-order valence-corrected chi connectivity index (χ3v) is 5.91. The Hall–Kier alpha value is -1.90. The number of hydrogen-bond donors (Lipinski definition) is 1. The normalized spacial score (nSPS) is 17.0. The van der Waals surface area contributed by atoms with Gasteiger partial charge in [-0.25, -0.2) is 0 Å². The lowest BCUT2D eigenvalue weighted by molar-refractivity contribution is 0.120. The summed E-state index contributed by atoms with van der Waals surface area (Å²) in [5, 5.41) is 16.7. The Morgan fingerprint density at radius 2 is 2.16 bits per heavy atom. The molecule has 6 nitrogen and oxygen atoms in total. The number of anilines is 1. The van der Waals surface area contributed by atoms with Gasteiger partial charge in [-0.2, -0.15) is 0 Å². The van der Waals surface area contributed by atoms with Crippen LogP contribution in [0.15, 0.2) is 45.3 Å². The molecule has 1 aliphatic heterocycles. The van der Waals surface area contributed by atoms with Crippen molar-refractivity contribution < 1.29 is 9.26 Å². The van der Waals surface area contributed by atoms with E-state index in [0.717, 1.165) is 52.5 Å². The minimum absolute atomic E-state index is 0.297. The summed E-state index contributed by atoms with van der Waals surface area (Å²) in [6.45, 7) is 1.66. The molecule has 0 amide bonds. The first-order chi connectivity index (χ1) is 12.4. The molecule has 2 aromatic heterocycles. The molecule has 0 aliphatic carbocycles. The highest BCUT2D eigenvalue weighted by atomic mass is 32.2. The van der Waals surface area contributed by atoms with E-state index in [9.17, 15) is 0 Å². The van der Waals surface area contributed by atoms with Crippen molar-refractivity contribution in [2.75, 3.05) is 18.5 Å². The number of nitrogens with zero attached hydrogens (tertiary/aromatic N) is 3. The Bertz CT molecular complexity index is 800. The minimum atomic E-state index is 0.297. The van der Waals surface area contributed by atoms with Crippen LogP contribution in [0.2, 0.25) is 0 Å². The highest BCUT2D eigenvalue weighted by molar-refractivity contribution is 8.00. The Morgan fingerprint density at radius 1 is 1.24 bits per heavy atom. The van der Waals surface area contributed by atoms with Gasteiger partial charge in [0.25, 0.3) is 0 Å². The minimum Gasteiger partial charge on any atom is -0.376 e. The molecule has 8 heteroatoms. The summed E-state index contributed by atoms with van der Waals surface area (Å²) >= 11 is 3.15. The summed E-state index contributed by atoms with van der Waals surface area (Å²) in [6.07, 6.45) is 2.56. The van der Waals surface area contributed by atoms with Crippen LogP contribution in [0.4, 0.5) is 5.13 Å². The molecule has 3 heterocycles. The first kappa shape index (κ1) is 16.6. The van der Waals surface area contributed by atoms with Crippen molar-refractivity contribution in [3.8, 4) is 11.3 Å². The first-order valence-corrected chi connectivity index (χ1v) is 10.00. The van der Waals surface area contributed by atoms with Gasteiger partial charge in [-0.05, 0) is 12.8 Å². The van der Waals surface area contributed by atoms with E-state index in [1.165, 1.54) is 0 Å². The van der Waals surface area contributed by atoms with Gasteiger partial charge < -0.3 is 14.6 Å². The molecule has 3 aromatic rings. The van der Waals surface area contributed by atoms with Gasteiger partial charge in [-0.15, -0.1) is 10.2 Å². The van der Waals surface area contributed by atoms with Gasteiger partial charge in [0.2, 0.25) is 5.13 Å². The molecule has 1 saturated heterocycles. The molecule has 1 atom stereocenters. The molecule has 0 saturated carbocycles. The van der Waals surface area contributed by atoms with E-state index in [0.29, 0.717) is 11.9 Å². The molecule has 25 heavy (non-hydrogen) atoms. The lowest BCUT2D eigenvalue weighted by atomic mass is 10.1. The van der Waals surface area contributed by atoms with Crippen molar-refractivity contribution >= 4 is 28.2 Å². The van der Waals surface area contributed by atoms with Gasteiger partial charge in [0, 0.05) is 24.8 Å². The molecule has 0 spiro atoms. The number of aromatic nitrogens is 3. The zero-order valence-corrected chi connectivity index (χ0v) is 15.2. The summed E-state index contributed by atoms with van der Waals surface area (Å²) in [7, 11) is 0. The topological polar surface area (TPSA) is 73.1 Å². The molecular weight excluding hydrogens is 356 g/mol. The van der Waals surface area contributed by atoms with Crippen molar-refractivity contribution in [3.63, 3.8) is 0 Å². The van der Waals surface area contributed by atoms with Crippen LogP contribution in [0.3, 0.4) is 0 Å². The van der Waals surface area contributed by atoms with Crippen molar-refractivity contribution in [3.05, 3.63) is 42.2 Å². The largest absolute Gasteiger partial charge is 0.376 e. The van der Waals surface area contributed by atoms with Crippen molar-refractivity contribution in [1.82, 2.24) is 15.4 Å². The lowest BCUT2D eigenvalue weighted by Crippen LogP contribution is -2.18. The van der Waals surface area contributed by atoms with Crippen LogP contribution in [0.1, 0.15) is 18.6 Å². The second-order valence-electron chi connectivity index (χ2n) is 5.72.